The van der Waals surface area contributed by atoms with E-state index in [2.05, 4.69) is 79.9 Å². The summed E-state index contributed by atoms with van der Waals surface area (Å²) in [4.78, 5) is 0. The molecule has 0 atom stereocenters. The monoisotopic (exact) mass is 561 g/mol. The molecule has 0 rings (SSSR count). The van der Waals surface area contributed by atoms with Crippen LogP contribution in [-0.2, 0) is 0.227 Å². The molecular formula is HI4V. The predicted molar refractivity (Wildman–Crippen MR) is 57.5 cm³/mol. The van der Waals surface area contributed by atoms with Crippen molar-refractivity contribution in [3.05, 3.63) is 0 Å². The normalized spacial score (nSPS) is 23.2. The van der Waals surface area contributed by atoms with Gasteiger partial charge in [0.1, 0.15) is 0 Å². The van der Waals surface area contributed by atoms with Crippen molar-refractivity contribution in [2.24, 2.45) is 0 Å². The molecule has 0 aromatic carbocycles. The van der Waals surface area contributed by atoms with Crippen molar-refractivity contribution < 1.29 is 0.227 Å². The summed E-state index contributed by atoms with van der Waals surface area (Å²) in [5.41, 5.74) is 0. The van der Waals surface area contributed by atoms with E-state index in [9.17, 15) is 0 Å². The van der Waals surface area contributed by atoms with Gasteiger partial charge < -0.3 is 0 Å². The molecule has 0 bridgehead atoms. The Labute approximate surface area is 78.6 Å². The second-order valence-corrected chi connectivity index (χ2v) is 71.1. The molecule has 5 heteroatoms. The van der Waals surface area contributed by atoms with Gasteiger partial charge in [-0.25, -0.2) is 0 Å². The van der Waals surface area contributed by atoms with Gasteiger partial charge in [-0.2, -0.15) is 0 Å². The van der Waals surface area contributed by atoms with E-state index < -0.39 is 0.227 Å². The standard InChI is InChI=1S/4HI.V.H/h4*1H;;/q;;;;+4;/p-4/i;;;;;1+1. The number of rotatable bonds is 0. The molecule has 0 aliphatic rings. The molecule has 34 valence electrons. The second-order valence-electron chi connectivity index (χ2n) is 0.383. The SMILES string of the molecule is [2H][V]([I])([I])([I])[I]. The Morgan fingerprint density at radius 1 is 1.20 bits per heavy atom. The zero-order chi connectivity index (χ0) is 5.45. The number of hydrogen-bond donors (Lipinski definition) is 0. The van der Waals surface area contributed by atoms with Gasteiger partial charge in [-0.05, 0) is 0 Å². The molecule has 5 heavy (non-hydrogen) atoms. The van der Waals surface area contributed by atoms with Crippen molar-refractivity contribution in [1.82, 2.24) is 0 Å². The fourth-order valence-electron chi connectivity index (χ4n) is 0. The fraction of sp³-hybridized carbons (Fsp3) is 0. The van der Waals surface area contributed by atoms with Crippen LogP contribution in [0.4, 0.5) is 0 Å². The van der Waals surface area contributed by atoms with Crippen molar-refractivity contribution >= 4 is 79.9 Å². The van der Waals surface area contributed by atoms with Gasteiger partial charge in [0, 0.05) is 0 Å². The van der Waals surface area contributed by atoms with E-state index >= 15 is 0 Å². The molecule has 0 unspecified atom stereocenters. The van der Waals surface area contributed by atoms with Gasteiger partial charge in [-0.15, -0.1) is 0 Å². The van der Waals surface area contributed by atoms with Gasteiger partial charge in [0.25, 0.3) is 0 Å². The Balaban J connectivity index is 3.73. The molecule has 0 saturated carbocycles. The first-order chi connectivity index (χ1) is 2.24. The van der Waals surface area contributed by atoms with Crippen molar-refractivity contribution in [2.75, 3.05) is 0 Å². The van der Waals surface area contributed by atoms with E-state index in [1.165, 1.54) is 0 Å². The summed E-state index contributed by atoms with van der Waals surface area (Å²) in [5.74, 6) is 0. The van der Waals surface area contributed by atoms with Crippen LogP contribution in [0.2, 0.25) is 0 Å². The summed E-state index contributed by atoms with van der Waals surface area (Å²) < 4.78 is 5.06. The van der Waals surface area contributed by atoms with E-state index in [-0.39, 0.29) is 0 Å². The van der Waals surface area contributed by atoms with Gasteiger partial charge >= 0.3 is 81.0 Å². The average molecular weight is 561 g/mol. The Bertz CT molecular complexity index is 40.7. The molecule has 0 spiro atoms. The summed E-state index contributed by atoms with van der Waals surface area (Å²) in [5, 5.41) is 0. The second kappa shape index (κ2) is 3.51. The minimum atomic E-state index is -2.36. The van der Waals surface area contributed by atoms with Gasteiger partial charge in [0.05, 0.1) is 0 Å². The maximum absolute atomic E-state index is 7.42. The number of hydrogen-bond acceptors (Lipinski definition) is 0. The summed E-state index contributed by atoms with van der Waals surface area (Å²) in [6.07, 6.45) is 0. The topological polar surface area (TPSA) is 0 Å². The molecule has 0 aliphatic heterocycles. The number of halogens is 4. The Morgan fingerprint density at radius 2 is 1.20 bits per heavy atom. The van der Waals surface area contributed by atoms with Crippen LogP contribution in [0.15, 0.2) is 0 Å². The minimum absolute atomic E-state index is 2.22. The summed E-state index contributed by atoms with van der Waals surface area (Å²) in [6, 6.07) is 0. The van der Waals surface area contributed by atoms with E-state index in [1.807, 2.05) is 0 Å². The van der Waals surface area contributed by atoms with E-state index in [4.69, 9.17) is 0.879 Å². The van der Waals surface area contributed by atoms with Crippen molar-refractivity contribution in [3.63, 3.8) is 0 Å². The molecule has 0 aromatic rings. The summed E-state index contributed by atoms with van der Waals surface area (Å²) >= 11 is 8.87. The van der Waals surface area contributed by atoms with Crippen LogP contribution < -0.4 is 0 Å². The fourth-order valence-corrected chi connectivity index (χ4v) is 0. The molecule has 0 amide bonds. The molecule has 0 saturated heterocycles. The molecule has 0 aliphatic carbocycles. The van der Waals surface area contributed by atoms with Crippen LogP contribution in [0.3, 0.4) is 0 Å². The Morgan fingerprint density at radius 3 is 1.20 bits per heavy atom. The first-order valence-electron chi connectivity index (χ1n) is 1.12. The third-order valence-electron chi connectivity index (χ3n) is 0. The average Bonchev–Trinajstić information content (AvgIpc) is 0.650. The molecule has 0 heterocycles. The Kier molecular flexibility index (Phi) is 4.65. The van der Waals surface area contributed by atoms with Gasteiger partial charge in [-0.1, -0.05) is 0 Å². The quantitative estimate of drug-likeness (QED) is 0.399. The molecule has 0 aromatic heterocycles. The zero-order valence-corrected chi connectivity index (χ0v) is 12.0. The van der Waals surface area contributed by atoms with Crippen molar-refractivity contribution in [1.29, 1.82) is 0.879 Å². The summed E-state index contributed by atoms with van der Waals surface area (Å²) in [7, 11) is 0. The molecule has 0 nitrogen and oxygen atoms in total. The van der Waals surface area contributed by atoms with Gasteiger partial charge in [-0.3, -0.25) is 0 Å². The Hall–Kier alpha value is 3.50. The van der Waals surface area contributed by atoms with Crippen molar-refractivity contribution in [3.8, 4) is 0 Å². The first kappa shape index (κ1) is 6.62. The van der Waals surface area contributed by atoms with Gasteiger partial charge in [0.2, 0.25) is 0 Å². The third kappa shape index (κ3) is 18.5. The first-order valence-corrected chi connectivity index (χ1v) is 18.7. The van der Waals surface area contributed by atoms with E-state index in [1.54, 1.807) is 0 Å². The van der Waals surface area contributed by atoms with Crippen LogP contribution in [-0.4, -0.2) is 0.879 Å². The van der Waals surface area contributed by atoms with Crippen molar-refractivity contribution in [2.45, 2.75) is 0 Å². The van der Waals surface area contributed by atoms with Crippen LogP contribution in [0, 0.1) is 0 Å². The third-order valence-corrected chi connectivity index (χ3v) is 0. The molecule has 0 radical (unpaired) electrons. The predicted octanol–water partition coefficient (Wildman–Crippen LogP) is 3.27. The van der Waals surface area contributed by atoms with Crippen LogP contribution in [0.5, 0.6) is 0 Å². The molecular weight excluding hydrogens is 559 g/mol. The zero-order valence-electron chi connectivity index (χ0n) is 2.96. The molecule has 0 fully saturated rings. The van der Waals surface area contributed by atoms with Gasteiger partial charge in [0.15, 0.2) is 0 Å². The van der Waals surface area contributed by atoms with Crippen LogP contribution >= 0.6 is 79.9 Å². The maximum atomic E-state index is 7.42. The van der Waals surface area contributed by atoms with E-state index in [0.717, 1.165) is 0 Å². The van der Waals surface area contributed by atoms with Crippen LogP contribution in [0.1, 0.15) is 0 Å². The van der Waals surface area contributed by atoms with E-state index in [0.29, 0.717) is 0 Å². The van der Waals surface area contributed by atoms with Crippen LogP contribution in [0.25, 0.3) is 0 Å². The summed E-state index contributed by atoms with van der Waals surface area (Å²) in [6.45, 7) is 0. The molecule has 0 N–H and O–H groups in total.